The monoisotopic (exact) mass is 327 g/mol. The van der Waals surface area contributed by atoms with E-state index in [1.54, 1.807) is 30.3 Å². The van der Waals surface area contributed by atoms with Gasteiger partial charge in [-0.05, 0) is 35.9 Å². The molecule has 0 radical (unpaired) electrons. The highest BCUT2D eigenvalue weighted by molar-refractivity contribution is 9.10. The molecule has 2 aromatic rings. The lowest BCUT2D eigenvalue weighted by atomic mass is 10.2. The maximum atomic E-state index is 13.0. The normalized spacial score (nSPS) is 12.3. The maximum Gasteiger partial charge on any atom is 0.123 e. The fourth-order valence-electron chi connectivity index (χ4n) is 1.56. The van der Waals surface area contributed by atoms with Gasteiger partial charge in [0.2, 0.25) is 0 Å². The third-order valence-corrected chi connectivity index (χ3v) is 4.34. The highest BCUT2D eigenvalue weighted by Gasteiger charge is 2.10. The molecule has 1 unspecified atom stereocenters. The summed E-state index contributed by atoms with van der Waals surface area (Å²) in [6, 6.07) is 11.3. The Morgan fingerprint density at radius 2 is 2.00 bits per heavy atom. The van der Waals surface area contributed by atoms with Gasteiger partial charge in [0.1, 0.15) is 5.82 Å². The van der Waals surface area contributed by atoms with Gasteiger partial charge in [0, 0.05) is 10.2 Å². The summed E-state index contributed by atoms with van der Waals surface area (Å²) in [5.41, 5.74) is 6.95. The first-order chi connectivity index (χ1) is 8.56. The van der Waals surface area contributed by atoms with Crippen LogP contribution in [0.25, 0.3) is 0 Å². The molecule has 0 heterocycles. The molecule has 0 saturated heterocycles. The lowest BCUT2D eigenvalue weighted by Gasteiger charge is -2.06. The summed E-state index contributed by atoms with van der Waals surface area (Å²) in [6.07, 6.45) is 0. The largest absolute Gasteiger partial charge is 0.398 e. The van der Waals surface area contributed by atoms with Crippen molar-refractivity contribution in [3.8, 4) is 0 Å². The number of halogens is 2. The molecule has 0 aliphatic rings. The molecule has 0 spiro atoms. The Balaban J connectivity index is 2.24. The SMILES string of the molecule is Nc1ccc(Br)cc1S(=O)Cc1cccc(F)c1. The zero-order valence-electron chi connectivity index (χ0n) is 9.40. The summed E-state index contributed by atoms with van der Waals surface area (Å²) in [5, 5.41) is 0. The van der Waals surface area contributed by atoms with E-state index in [1.807, 2.05) is 0 Å². The van der Waals surface area contributed by atoms with E-state index in [1.165, 1.54) is 12.1 Å². The van der Waals surface area contributed by atoms with Gasteiger partial charge in [-0.15, -0.1) is 0 Å². The molecule has 0 aromatic heterocycles. The van der Waals surface area contributed by atoms with Crippen LogP contribution in [-0.4, -0.2) is 4.21 Å². The highest BCUT2D eigenvalue weighted by Crippen LogP contribution is 2.23. The Hall–Kier alpha value is -1.20. The second kappa shape index (κ2) is 5.63. The summed E-state index contributed by atoms with van der Waals surface area (Å²) < 4.78 is 26.0. The summed E-state index contributed by atoms with van der Waals surface area (Å²) in [6.45, 7) is 0. The minimum absolute atomic E-state index is 0.248. The van der Waals surface area contributed by atoms with E-state index in [0.29, 0.717) is 16.1 Å². The van der Waals surface area contributed by atoms with E-state index in [2.05, 4.69) is 15.9 Å². The van der Waals surface area contributed by atoms with E-state index in [0.717, 1.165) is 4.47 Å². The zero-order valence-corrected chi connectivity index (χ0v) is 11.8. The summed E-state index contributed by atoms with van der Waals surface area (Å²) in [4.78, 5) is 0.564. The van der Waals surface area contributed by atoms with Gasteiger partial charge in [-0.1, -0.05) is 28.1 Å². The fourth-order valence-corrected chi connectivity index (χ4v) is 3.30. The zero-order chi connectivity index (χ0) is 13.1. The predicted octanol–water partition coefficient (Wildman–Crippen LogP) is 3.48. The number of hydrogen-bond acceptors (Lipinski definition) is 2. The van der Waals surface area contributed by atoms with E-state index < -0.39 is 10.8 Å². The molecule has 94 valence electrons. The number of rotatable bonds is 3. The number of nitrogen functional groups attached to an aromatic ring is 1. The van der Waals surface area contributed by atoms with Crippen LogP contribution in [0.1, 0.15) is 5.56 Å². The van der Waals surface area contributed by atoms with E-state index in [9.17, 15) is 8.60 Å². The lowest BCUT2D eigenvalue weighted by molar-refractivity contribution is 0.626. The minimum Gasteiger partial charge on any atom is -0.398 e. The van der Waals surface area contributed by atoms with Crippen molar-refractivity contribution in [2.75, 3.05) is 5.73 Å². The van der Waals surface area contributed by atoms with Crippen LogP contribution in [0.2, 0.25) is 0 Å². The molecule has 0 saturated carbocycles. The quantitative estimate of drug-likeness (QED) is 0.877. The van der Waals surface area contributed by atoms with Gasteiger partial charge in [-0.3, -0.25) is 4.21 Å². The van der Waals surface area contributed by atoms with Crippen molar-refractivity contribution in [1.82, 2.24) is 0 Å². The van der Waals surface area contributed by atoms with Gasteiger partial charge >= 0.3 is 0 Å². The molecule has 0 amide bonds. The van der Waals surface area contributed by atoms with Gasteiger partial charge in [0.15, 0.2) is 0 Å². The molecule has 2 nitrogen and oxygen atoms in total. The molecule has 1 atom stereocenters. The molecule has 18 heavy (non-hydrogen) atoms. The number of anilines is 1. The van der Waals surface area contributed by atoms with Crippen molar-refractivity contribution in [3.05, 3.63) is 58.3 Å². The van der Waals surface area contributed by atoms with E-state index in [-0.39, 0.29) is 11.6 Å². The third kappa shape index (κ3) is 3.17. The van der Waals surface area contributed by atoms with Crippen LogP contribution >= 0.6 is 15.9 Å². The second-order valence-electron chi connectivity index (χ2n) is 3.80. The van der Waals surface area contributed by atoms with Gasteiger partial charge in [-0.25, -0.2) is 4.39 Å². The van der Waals surface area contributed by atoms with Crippen LogP contribution in [0.5, 0.6) is 0 Å². The minimum atomic E-state index is -1.29. The molecule has 5 heteroatoms. The van der Waals surface area contributed by atoms with Crippen LogP contribution in [0.3, 0.4) is 0 Å². The van der Waals surface area contributed by atoms with Gasteiger partial charge < -0.3 is 5.73 Å². The molecule has 0 aliphatic heterocycles. The number of benzene rings is 2. The van der Waals surface area contributed by atoms with Crippen molar-refractivity contribution < 1.29 is 8.60 Å². The van der Waals surface area contributed by atoms with Crippen LogP contribution in [0, 0.1) is 5.82 Å². The standard InChI is InChI=1S/C13H11BrFNOS/c14-10-4-5-12(16)13(7-10)18(17)8-9-2-1-3-11(15)6-9/h1-7H,8,16H2. The first-order valence-corrected chi connectivity index (χ1v) is 7.35. The summed E-state index contributed by atoms with van der Waals surface area (Å²) in [5.74, 6) is -0.0787. The summed E-state index contributed by atoms with van der Waals surface area (Å²) in [7, 11) is -1.29. The van der Waals surface area contributed by atoms with Crippen LogP contribution in [0.15, 0.2) is 51.8 Å². The van der Waals surface area contributed by atoms with Crippen molar-refractivity contribution in [1.29, 1.82) is 0 Å². The Bertz CT molecular complexity index is 603. The Morgan fingerprint density at radius 1 is 1.22 bits per heavy atom. The molecular weight excluding hydrogens is 317 g/mol. The molecule has 2 aromatic carbocycles. The van der Waals surface area contributed by atoms with Crippen LogP contribution in [0.4, 0.5) is 10.1 Å². The number of nitrogens with two attached hydrogens (primary N) is 1. The van der Waals surface area contributed by atoms with Gasteiger partial charge in [-0.2, -0.15) is 0 Å². The van der Waals surface area contributed by atoms with Crippen LogP contribution in [-0.2, 0) is 16.6 Å². The Labute approximate surface area is 116 Å². The topological polar surface area (TPSA) is 43.1 Å². The average molecular weight is 328 g/mol. The molecule has 2 N–H and O–H groups in total. The Kier molecular flexibility index (Phi) is 4.14. The molecule has 0 aliphatic carbocycles. The second-order valence-corrected chi connectivity index (χ2v) is 6.14. The summed E-state index contributed by atoms with van der Waals surface area (Å²) >= 11 is 3.31. The van der Waals surface area contributed by atoms with Crippen molar-refractivity contribution >= 4 is 32.4 Å². The lowest BCUT2D eigenvalue weighted by Crippen LogP contribution is -2.01. The van der Waals surface area contributed by atoms with E-state index >= 15 is 0 Å². The first-order valence-electron chi connectivity index (χ1n) is 5.24. The van der Waals surface area contributed by atoms with Crippen LogP contribution < -0.4 is 5.73 Å². The molecule has 0 fully saturated rings. The highest BCUT2D eigenvalue weighted by atomic mass is 79.9. The van der Waals surface area contributed by atoms with Crippen molar-refractivity contribution in [3.63, 3.8) is 0 Å². The van der Waals surface area contributed by atoms with E-state index in [4.69, 9.17) is 5.73 Å². The average Bonchev–Trinajstić information content (AvgIpc) is 2.32. The van der Waals surface area contributed by atoms with Gasteiger partial charge in [0.25, 0.3) is 0 Å². The number of hydrogen-bond donors (Lipinski definition) is 1. The Morgan fingerprint density at radius 3 is 2.72 bits per heavy atom. The molecular formula is C13H11BrFNOS. The third-order valence-electron chi connectivity index (χ3n) is 2.41. The van der Waals surface area contributed by atoms with Gasteiger partial charge in [0.05, 0.1) is 21.4 Å². The van der Waals surface area contributed by atoms with Crippen molar-refractivity contribution in [2.24, 2.45) is 0 Å². The van der Waals surface area contributed by atoms with Crippen molar-refractivity contribution in [2.45, 2.75) is 10.6 Å². The predicted molar refractivity (Wildman–Crippen MR) is 75.1 cm³/mol. The maximum absolute atomic E-state index is 13.0. The smallest absolute Gasteiger partial charge is 0.123 e. The first kappa shape index (κ1) is 13.2. The fraction of sp³-hybridized carbons (Fsp3) is 0.0769. The molecule has 0 bridgehead atoms. The molecule has 2 rings (SSSR count).